The molecule has 1 aliphatic rings. The van der Waals surface area contributed by atoms with E-state index in [0.29, 0.717) is 40.2 Å². The number of halogens is 1. The van der Waals surface area contributed by atoms with Gasteiger partial charge in [0.15, 0.2) is 0 Å². The smallest absolute Gasteiger partial charge is 0.258 e. The number of hydrogen-bond donors (Lipinski definition) is 2. The molecule has 3 aromatic rings. The lowest BCUT2D eigenvalue weighted by atomic mass is 10.1. The van der Waals surface area contributed by atoms with Crippen molar-refractivity contribution in [1.82, 2.24) is 14.7 Å². The molecular weight excluding hydrogens is 352 g/mol. The van der Waals surface area contributed by atoms with Gasteiger partial charge in [0.05, 0.1) is 22.8 Å². The number of nitrogens with zero attached hydrogens (tertiary/aromatic N) is 2. The monoisotopic (exact) mass is 368 g/mol. The maximum atomic E-state index is 12.4. The average molecular weight is 369 g/mol. The highest BCUT2D eigenvalue weighted by Crippen LogP contribution is 2.21. The highest BCUT2D eigenvalue weighted by atomic mass is 35.5. The predicted octanol–water partition coefficient (Wildman–Crippen LogP) is 2.85. The summed E-state index contributed by atoms with van der Waals surface area (Å²) in [6.45, 7) is 0.335. The minimum absolute atomic E-state index is 0.0863. The van der Waals surface area contributed by atoms with E-state index in [1.165, 1.54) is 10.5 Å². The molecule has 6 nitrogen and oxygen atoms in total. The van der Waals surface area contributed by atoms with Crippen LogP contribution in [0.15, 0.2) is 53.5 Å². The zero-order valence-electron chi connectivity index (χ0n) is 13.9. The fourth-order valence-electron chi connectivity index (χ4n) is 2.73. The number of carbonyl (C=O) groups is 1. The van der Waals surface area contributed by atoms with Crippen molar-refractivity contribution in [3.8, 4) is 0 Å². The molecule has 132 valence electrons. The van der Waals surface area contributed by atoms with Gasteiger partial charge in [-0.25, -0.2) is 4.98 Å². The summed E-state index contributed by atoms with van der Waals surface area (Å²) in [5.74, 6) is -0.0863. The van der Waals surface area contributed by atoms with Crippen molar-refractivity contribution in [3.63, 3.8) is 0 Å². The molecule has 26 heavy (non-hydrogen) atoms. The molecule has 2 heterocycles. The summed E-state index contributed by atoms with van der Waals surface area (Å²) in [7, 11) is 0. The van der Waals surface area contributed by atoms with Crippen LogP contribution in [0.5, 0.6) is 0 Å². The third kappa shape index (κ3) is 3.55. The number of aromatic nitrogens is 2. The van der Waals surface area contributed by atoms with Gasteiger partial charge in [-0.3, -0.25) is 14.0 Å². The molecule has 2 aromatic heterocycles. The van der Waals surface area contributed by atoms with Crippen molar-refractivity contribution in [2.45, 2.75) is 25.4 Å². The molecule has 0 saturated heterocycles. The van der Waals surface area contributed by atoms with Gasteiger partial charge in [-0.15, -0.1) is 0 Å². The minimum Gasteiger partial charge on any atom is -0.379 e. The van der Waals surface area contributed by atoms with Crippen LogP contribution in [0, 0.1) is 0 Å². The molecule has 0 aliphatic heterocycles. The molecule has 1 aromatic carbocycles. The van der Waals surface area contributed by atoms with Crippen molar-refractivity contribution in [2.24, 2.45) is 0 Å². The number of nitrogens with one attached hydrogen (secondary N) is 2. The molecule has 0 atom stereocenters. The second-order valence-electron chi connectivity index (χ2n) is 6.31. The predicted molar refractivity (Wildman–Crippen MR) is 101 cm³/mol. The molecule has 1 fully saturated rings. The van der Waals surface area contributed by atoms with E-state index in [1.54, 1.807) is 24.4 Å². The van der Waals surface area contributed by atoms with Crippen molar-refractivity contribution >= 4 is 28.8 Å². The molecule has 1 saturated carbocycles. The number of benzene rings is 1. The van der Waals surface area contributed by atoms with E-state index in [2.05, 4.69) is 15.6 Å². The van der Waals surface area contributed by atoms with Gasteiger partial charge >= 0.3 is 0 Å². The number of fused-ring (bicyclic) bond motifs is 1. The molecule has 4 rings (SSSR count). The van der Waals surface area contributed by atoms with E-state index in [-0.39, 0.29) is 11.5 Å². The quantitative estimate of drug-likeness (QED) is 0.726. The number of anilines is 1. The SMILES string of the molecule is O=C(NC1CC1)c1ccccc1NCc1cc(=O)n2cc(Cl)ccc2n1. The third-order valence-electron chi connectivity index (χ3n) is 4.22. The molecule has 0 unspecified atom stereocenters. The average Bonchev–Trinajstić information content (AvgIpc) is 3.45. The Bertz CT molecular complexity index is 1040. The Kier molecular flexibility index (Phi) is 4.34. The largest absolute Gasteiger partial charge is 0.379 e. The van der Waals surface area contributed by atoms with Crippen molar-refractivity contribution in [1.29, 1.82) is 0 Å². The van der Waals surface area contributed by atoms with E-state index >= 15 is 0 Å². The maximum absolute atomic E-state index is 12.4. The zero-order valence-corrected chi connectivity index (χ0v) is 14.7. The highest BCUT2D eigenvalue weighted by Gasteiger charge is 2.24. The summed E-state index contributed by atoms with van der Waals surface area (Å²) in [4.78, 5) is 29.1. The van der Waals surface area contributed by atoms with Crippen LogP contribution < -0.4 is 16.2 Å². The van der Waals surface area contributed by atoms with E-state index < -0.39 is 0 Å². The van der Waals surface area contributed by atoms with Gasteiger partial charge in [0.25, 0.3) is 11.5 Å². The van der Waals surface area contributed by atoms with Crippen molar-refractivity contribution in [3.05, 3.63) is 75.3 Å². The topological polar surface area (TPSA) is 75.5 Å². The van der Waals surface area contributed by atoms with E-state index in [1.807, 2.05) is 18.2 Å². The standard InChI is InChI=1S/C19H17ClN4O2/c20-12-5-8-17-22-14(9-18(25)24(17)11-12)10-21-16-4-2-1-3-15(16)19(26)23-13-6-7-13/h1-5,8-9,11,13,21H,6-7,10H2,(H,23,26). The van der Waals surface area contributed by atoms with Crippen LogP contribution >= 0.6 is 11.6 Å². The second kappa shape index (κ2) is 6.80. The minimum atomic E-state index is -0.200. The molecule has 0 spiro atoms. The van der Waals surface area contributed by atoms with Crippen LogP contribution in [0.4, 0.5) is 5.69 Å². The first-order valence-electron chi connectivity index (χ1n) is 8.42. The Morgan fingerprint density at radius 2 is 2.04 bits per heavy atom. The molecule has 1 amide bonds. The van der Waals surface area contributed by atoms with Crippen molar-refractivity contribution in [2.75, 3.05) is 5.32 Å². The van der Waals surface area contributed by atoms with Crippen molar-refractivity contribution < 1.29 is 4.79 Å². The van der Waals surface area contributed by atoms with Crippen LogP contribution in [-0.4, -0.2) is 21.3 Å². The Labute approximate surface area is 154 Å². The third-order valence-corrected chi connectivity index (χ3v) is 4.44. The van der Waals surface area contributed by atoms with Gasteiger partial charge in [-0.2, -0.15) is 0 Å². The molecule has 0 radical (unpaired) electrons. The first kappa shape index (κ1) is 16.6. The van der Waals surface area contributed by atoms with Crippen LogP contribution in [0.25, 0.3) is 5.65 Å². The number of carbonyl (C=O) groups excluding carboxylic acids is 1. The van der Waals surface area contributed by atoms with Crippen LogP contribution in [0.1, 0.15) is 28.9 Å². The Balaban J connectivity index is 1.56. The summed E-state index contributed by atoms with van der Waals surface area (Å²) in [5, 5.41) is 6.67. The Hall–Kier alpha value is -2.86. The van der Waals surface area contributed by atoms with Crippen LogP contribution in [-0.2, 0) is 6.54 Å². The van der Waals surface area contributed by atoms with Gasteiger partial charge in [0.1, 0.15) is 5.65 Å². The lowest BCUT2D eigenvalue weighted by molar-refractivity contribution is 0.0952. The fourth-order valence-corrected chi connectivity index (χ4v) is 2.89. The lowest BCUT2D eigenvalue weighted by Crippen LogP contribution is -2.26. The maximum Gasteiger partial charge on any atom is 0.258 e. The van der Waals surface area contributed by atoms with Crippen LogP contribution in [0.3, 0.4) is 0 Å². The van der Waals surface area contributed by atoms with E-state index in [0.717, 1.165) is 12.8 Å². The number of hydrogen-bond acceptors (Lipinski definition) is 4. The molecule has 1 aliphatic carbocycles. The van der Waals surface area contributed by atoms with Gasteiger partial charge in [-0.1, -0.05) is 23.7 Å². The second-order valence-corrected chi connectivity index (χ2v) is 6.74. The van der Waals surface area contributed by atoms with E-state index in [9.17, 15) is 9.59 Å². The lowest BCUT2D eigenvalue weighted by Gasteiger charge is -2.12. The molecular formula is C19H17ClN4O2. The molecule has 0 bridgehead atoms. The zero-order chi connectivity index (χ0) is 18.1. The fraction of sp³-hybridized carbons (Fsp3) is 0.211. The Morgan fingerprint density at radius 3 is 2.85 bits per heavy atom. The first-order valence-corrected chi connectivity index (χ1v) is 8.79. The van der Waals surface area contributed by atoms with Gasteiger partial charge in [-0.05, 0) is 37.1 Å². The highest BCUT2D eigenvalue weighted by molar-refractivity contribution is 6.30. The van der Waals surface area contributed by atoms with E-state index in [4.69, 9.17) is 11.6 Å². The first-order chi connectivity index (χ1) is 12.6. The summed E-state index contributed by atoms with van der Waals surface area (Å²) >= 11 is 5.92. The summed E-state index contributed by atoms with van der Waals surface area (Å²) in [6.07, 6.45) is 3.62. The van der Waals surface area contributed by atoms with Gasteiger partial charge in [0.2, 0.25) is 0 Å². The summed E-state index contributed by atoms with van der Waals surface area (Å²) in [6, 6.07) is 12.5. The number of amides is 1. The van der Waals surface area contributed by atoms with Crippen LogP contribution in [0.2, 0.25) is 5.02 Å². The Morgan fingerprint density at radius 1 is 1.23 bits per heavy atom. The molecule has 7 heteroatoms. The summed E-state index contributed by atoms with van der Waals surface area (Å²) < 4.78 is 1.41. The number of para-hydroxylation sites is 1. The number of rotatable bonds is 5. The number of pyridine rings is 1. The molecule has 2 N–H and O–H groups in total. The van der Waals surface area contributed by atoms with Gasteiger partial charge in [0, 0.05) is 24.0 Å². The normalized spacial score (nSPS) is 13.6. The van der Waals surface area contributed by atoms with Gasteiger partial charge < -0.3 is 10.6 Å². The summed E-state index contributed by atoms with van der Waals surface area (Å²) in [5.41, 5.74) is 2.22.